The van der Waals surface area contributed by atoms with Crippen molar-refractivity contribution in [1.82, 2.24) is 0 Å². The minimum absolute atomic E-state index is 0.205. The molecule has 0 unspecified atom stereocenters. The monoisotopic (exact) mass is 208 g/mol. The highest BCUT2D eigenvalue weighted by molar-refractivity contribution is 5.91. The van der Waals surface area contributed by atoms with Gasteiger partial charge < -0.3 is 0 Å². The van der Waals surface area contributed by atoms with Gasteiger partial charge in [-0.3, -0.25) is 4.79 Å². The molecule has 0 aliphatic heterocycles. The summed E-state index contributed by atoms with van der Waals surface area (Å²) in [6, 6.07) is 0. The molecule has 7 heteroatoms. The van der Waals surface area contributed by atoms with E-state index in [0.717, 1.165) is 0 Å². The van der Waals surface area contributed by atoms with Crippen LogP contribution in [0.3, 0.4) is 0 Å². The number of carbonyl (C=O) groups is 1. The molecule has 0 bridgehead atoms. The molecule has 0 spiro atoms. The Morgan fingerprint density at radius 3 is 1.31 bits per heavy atom. The average Bonchev–Trinajstić information content (AvgIpc) is 1.81. The summed E-state index contributed by atoms with van der Waals surface area (Å²) in [5.41, 5.74) is -3.53. The quantitative estimate of drug-likeness (QED) is 0.637. The molecule has 0 atom stereocenters. The predicted molar refractivity (Wildman–Crippen MR) is 31.2 cm³/mol. The van der Waals surface area contributed by atoms with Crippen LogP contribution in [0.4, 0.5) is 26.3 Å². The maximum atomic E-state index is 12.5. The van der Waals surface area contributed by atoms with Crippen molar-refractivity contribution in [3.8, 4) is 0 Å². The number of ketones is 1. The van der Waals surface area contributed by atoms with Crippen LogP contribution in [-0.2, 0) is 4.79 Å². The van der Waals surface area contributed by atoms with Crippen LogP contribution in [-0.4, -0.2) is 23.6 Å². The first-order chi connectivity index (χ1) is 5.40. The second-order valence-corrected chi connectivity index (χ2v) is 2.87. The third kappa shape index (κ3) is 2.35. The van der Waals surface area contributed by atoms with Gasteiger partial charge >= 0.3 is 17.9 Å². The van der Waals surface area contributed by atoms with E-state index in [4.69, 9.17) is 0 Å². The molecule has 0 heterocycles. The number of hydrogen-bond acceptors (Lipinski definition) is 1. The summed E-state index contributed by atoms with van der Waals surface area (Å²) in [5, 5.41) is 0. The summed E-state index contributed by atoms with van der Waals surface area (Å²) < 4.78 is 71.7. The molecule has 0 amide bonds. The highest BCUT2D eigenvalue weighted by Gasteiger charge is 2.63. The van der Waals surface area contributed by atoms with Crippen molar-refractivity contribution in [2.24, 2.45) is 0 Å². The average molecular weight is 208 g/mol. The first kappa shape index (κ1) is 12.2. The fraction of sp³-hybridized carbons (Fsp3) is 0.833. The Bertz CT molecular complexity index is 210. The molecule has 0 aromatic rings. The fourth-order valence-corrected chi connectivity index (χ4v) is 0.448. The van der Waals surface area contributed by atoms with Crippen molar-refractivity contribution >= 4 is 5.78 Å². The number of carbonyl (C=O) groups excluding carboxylic acids is 1. The molecule has 0 rings (SSSR count). The summed E-state index contributed by atoms with van der Waals surface area (Å²) in [7, 11) is 0. The Morgan fingerprint density at radius 1 is 0.923 bits per heavy atom. The lowest BCUT2D eigenvalue weighted by Gasteiger charge is -2.25. The van der Waals surface area contributed by atoms with Crippen LogP contribution in [0, 0.1) is 0 Å². The molecule has 0 aliphatic rings. The Balaban J connectivity index is 4.98. The van der Waals surface area contributed by atoms with Gasteiger partial charge in [0, 0.05) is 0 Å². The highest BCUT2D eigenvalue weighted by atomic mass is 19.4. The van der Waals surface area contributed by atoms with E-state index in [1.165, 1.54) is 0 Å². The summed E-state index contributed by atoms with van der Waals surface area (Å²) in [5.74, 6) is -8.42. The Morgan fingerprint density at radius 2 is 1.23 bits per heavy atom. The molecule has 13 heavy (non-hydrogen) atoms. The molecule has 0 aromatic heterocycles. The molecule has 78 valence electrons. The summed E-state index contributed by atoms with van der Waals surface area (Å²) >= 11 is 0. The first-order valence-electron chi connectivity index (χ1n) is 3.09. The number of alkyl halides is 6. The molecule has 0 saturated carbocycles. The molecule has 0 aliphatic carbocycles. The first-order valence-corrected chi connectivity index (χ1v) is 3.09. The Labute approximate surface area is 69.7 Å². The van der Waals surface area contributed by atoms with Gasteiger partial charge in [0.25, 0.3) is 0 Å². The van der Waals surface area contributed by atoms with Gasteiger partial charge in [-0.1, -0.05) is 0 Å². The van der Waals surface area contributed by atoms with E-state index in [1.807, 2.05) is 0 Å². The van der Waals surface area contributed by atoms with Gasteiger partial charge in [0.05, 0.1) is 0 Å². The van der Waals surface area contributed by atoms with Gasteiger partial charge in [-0.05, 0) is 13.8 Å². The predicted octanol–water partition coefficient (Wildman–Crippen LogP) is 2.50. The minimum atomic E-state index is -5.73. The SMILES string of the molecule is CC(C)(F)C(F)(F)C(=O)C(F)(F)F. The lowest BCUT2D eigenvalue weighted by Crippen LogP contribution is -2.51. The van der Waals surface area contributed by atoms with Gasteiger partial charge in [-0.2, -0.15) is 22.0 Å². The minimum Gasteiger partial charge on any atom is -0.283 e. The van der Waals surface area contributed by atoms with E-state index < -0.39 is 23.6 Å². The number of rotatable bonds is 2. The number of Topliss-reactive ketones (excluding diaryl/α,β-unsaturated/α-hetero) is 1. The molecular formula is C6H6F6O. The van der Waals surface area contributed by atoms with Crippen LogP contribution < -0.4 is 0 Å². The van der Waals surface area contributed by atoms with E-state index in [1.54, 1.807) is 0 Å². The normalized spacial score (nSPS) is 14.5. The zero-order chi connectivity index (χ0) is 11.1. The second kappa shape index (κ2) is 2.88. The van der Waals surface area contributed by atoms with Gasteiger partial charge in [0.15, 0.2) is 5.67 Å². The van der Waals surface area contributed by atoms with Crippen molar-refractivity contribution in [1.29, 1.82) is 0 Å². The molecular weight excluding hydrogens is 202 g/mol. The van der Waals surface area contributed by atoms with Gasteiger partial charge in [0.1, 0.15) is 0 Å². The van der Waals surface area contributed by atoms with E-state index >= 15 is 0 Å². The molecule has 0 aromatic carbocycles. The second-order valence-electron chi connectivity index (χ2n) is 2.87. The summed E-state index contributed by atoms with van der Waals surface area (Å²) in [6.07, 6.45) is -5.73. The zero-order valence-electron chi connectivity index (χ0n) is 6.68. The van der Waals surface area contributed by atoms with E-state index in [2.05, 4.69) is 0 Å². The van der Waals surface area contributed by atoms with Gasteiger partial charge in [-0.15, -0.1) is 0 Å². The van der Waals surface area contributed by atoms with Crippen molar-refractivity contribution < 1.29 is 31.1 Å². The Hall–Kier alpha value is -0.750. The van der Waals surface area contributed by atoms with Crippen molar-refractivity contribution in [3.63, 3.8) is 0 Å². The van der Waals surface area contributed by atoms with E-state index in [0.29, 0.717) is 0 Å². The largest absolute Gasteiger partial charge is 0.456 e. The van der Waals surface area contributed by atoms with Gasteiger partial charge in [-0.25, -0.2) is 4.39 Å². The fourth-order valence-electron chi connectivity index (χ4n) is 0.448. The molecule has 1 nitrogen and oxygen atoms in total. The standard InChI is InChI=1S/C6H6F6O/c1-4(2,7)5(8,9)3(13)6(10,11)12/h1-2H3. The van der Waals surface area contributed by atoms with Crippen LogP contribution >= 0.6 is 0 Å². The number of hydrogen-bond donors (Lipinski definition) is 0. The summed E-state index contributed by atoms with van der Waals surface area (Å²) in [4.78, 5) is 10.0. The van der Waals surface area contributed by atoms with Crippen molar-refractivity contribution in [3.05, 3.63) is 0 Å². The highest BCUT2D eigenvalue weighted by Crippen LogP contribution is 2.37. The zero-order valence-corrected chi connectivity index (χ0v) is 6.68. The molecule has 0 radical (unpaired) electrons. The molecule has 0 fully saturated rings. The van der Waals surface area contributed by atoms with Crippen LogP contribution in [0.2, 0.25) is 0 Å². The van der Waals surface area contributed by atoms with Gasteiger partial charge in [0.2, 0.25) is 0 Å². The Kier molecular flexibility index (Phi) is 2.72. The maximum Gasteiger partial charge on any atom is 0.456 e. The van der Waals surface area contributed by atoms with Crippen LogP contribution in [0.25, 0.3) is 0 Å². The third-order valence-corrected chi connectivity index (χ3v) is 1.29. The lowest BCUT2D eigenvalue weighted by molar-refractivity contribution is -0.211. The smallest absolute Gasteiger partial charge is 0.283 e. The summed E-state index contributed by atoms with van der Waals surface area (Å²) in [6.45, 7) is 0.410. The third-order valence-electron chi connectivity index (χ3n) is 1.29. The van der Waals surface area contributed by atoms with Crippen LogP contribution in [0.15, 0.2) is 0 Å². The topological polar surface area (TPSA) is 17.1 Å². The van der Waals surface area contributed by atoms with Crippen LogP contribution in [0.5, 0.6) is 0 Å². The van der Waals surface area contributed by atoms with E-state index in [9.17, 15) is 31.1 Å². The molecule has 0 saturated heterocycles. The lowest BCUT2D eigenvalue weighted by atomic mass is 9.98. The van der Waals surface area contributed by atoms with Crippen molar-refractivity contribution in [2.75, 3.05) is 0 Å². The van der Waals surface area contributed by atoms with Crippen molar-refractivity contribution in [2.45, 2.75) is 31.6 Å². The maximum absolute atomic E-state index is 12.5. The van der Waals surface area contributed by atoms with Crippen LogP contribution in [0.1, 0.15) is 13.8 Å². The number of halogens is 6. The molecule has 0 N–H and O–H groups in total. The van der Waals surface area contributed by atoms with E-state index in [-0.39, 0.29) is 13.8 Å².